The second-order valence-corrected chi connectivity index (χ2v) is 10.1. The first-order chi connectivity index (χ1) is 14.7. The number of hydrogen-bond donors (Lipinski definition) is 3. The van der Waals surface area contributed by atoms with Gasteiger partial charge in [0.25, 0.3) is 11.8 Å². The first-order valence-electron chi connectivity index (χ1n) is 10.8. The number of thiophene rings is 1. The van der Waals surface area contributed by atoms with Gasteiger partial charge in [0.1, 0.15) is 0 Å². The molecule has 3 atom stereocenters. The lowest BCUT2D eigenvalue weighted by atomic mass is 9.86. The van der Waals surface area contributed by atoms with Crippen LogP contribution in [0.15, 0.2) is 41.8 Å². The van der Waals surface area contributed by atoms with E-state index in [1.165, 1.54) is 5.56 Å². The van der Waals surface area contributed by atoms with Crippen molar-refractivity contribution in [2.24, 2.45) is 0 Å². The van der Waals surface area contributed by atoms with Gasteiger partial charge in [-0.3, -0.25) is 9.59 Å². The number of likely N-dealkylation sites (tertiary alicyclic amines) is 1. The van der Waals surface area contributed by atoms with Crippen LogP contribution in [0.3, 0.4) is 0 Å². The van der Waals surface area contributed by atoms with Crippen molar-refractivity contribution in [3.05, 3.63) is 57.8 Å². The third-order valence-corrected chi connectivity index (χ3v) is 6.70. The van der Waals surface area contributed by atoms with Crippen LogP contribution in [0.5, 0.6) is 0 Å². The van der Waals surface area contributed by atoms with E-state index in [-0.39, 0.29) is 11.5 Å². The van der Waals surface area contributed by atoms with Crippen LogP contribution in [0.1, 0.15) is 55.7 Å². The van der Waals surface area contributed by atoms with E-state index in [2.05, 4.69) is 38.2 Å². The van der Waals surface area contributed by atoms with Gasteiger partial charge in [-0.25, -0.2) is 0 Å². The average Bonchev–Trinajstić information content (AvgIpc) is 3.43. The van der Waals surface area contributed by atoms with Crippen molar-refractivity contribution in [3.63, 3.8) is 0 Å². The summed E-state index contributed by atoms with van der Waals surface area (Å²) in [5, 5.41) is 25.2. The van der Waals surface area contributed by atoms with Crippen LogP contribution in [0.4, 0.5) is 0 Å². The highest BCUT2D eigenvalue weighted by atomic mass is 32.1. The Kier molecular flexibility index (Phi) is 7.51. The van der Waals surface area contributed by atoms with Gasteiger partial charge in [-0.2, -0.15) is 0 Å². The number of amides is 2. The van der Waals surface area contributed by atoms with Crippen LogP contribution in [-0.4, -0.2) is 52.2 Å². The zero-order valence-corrected chi connectivity index (χ0v) is 19.2. The molecule has 2 amide bonds. The van der Waals surface area contributed by atoms with Gasteiger partial charge < -0.3 is 20.4 Å². The molecule has 7 heteroatoms. The molecule has 1 saturated heterocycles. The standard InChI is InChI=1S/C24H32N2O4S/c1-24(2,3)17-10-8-16(9-11-17)19-7-4-14-26(19)23(30)21(28)20(27)22(29)25-13-12-18-6-5-15-31-18/h5-6,8-11,15,19-21,27-28H,4,7,12-14H2,1-3H3,(H,25,29)/t19?,20-,21-/m1/s1. The second-order valence-electron chi connectivity index (χ2n) is 9.07. The quantitative estimate of drug-likeness (QED) is 0.613. The summed E-state index contributed by atoms with van der Waals surface area (Å²) in [6.45, 7) is 7.28. The second kappa shape index (κ2) is 9.94. The monoisotopic (exact) mass is 444 g/mol. The minimum atomic E-state index is -1.79. The molecular weight excluding hydrogens is 412 g/mol. The van der Waals surface area contributed by atoms with Crippen molar-refractivity contribution in [1.29, 1.82) is 0 Å². The molecular formula is C24H32N2O4S. The highest BCUT2D eigenvalue weighted by molar-refractivity contribution is 7.09. The third kappa shape index (κ3) is 5.73. The summed E-state index contributed by atoms with van der Waals surface area (Å²) in [7, 11) is 0. The summed E-state index contributed by atoms with van der Waals surface area (Å²) in [5.74, 6) is -1.34. The molecule has 1 aliphatic heterocycles. The Balaban J connectivity index is 1.59. The van der Waals surface area contributed by atoms with Crippen LogP contribution >= 0.6 is 11.3 Å². The maximum absolute atomic E-state index is 12.9. The predicted molar refractivity (Wildman–Crippen MR) is 122 cm³/mol. The lowest BCUT2D eigenvalue weighted by molar-refractivity contribution is -0.153. The fourth-order valence-corrected chi connectivity index (χ4v) is 4.61. The molecule has 2 heterocycles. The summed E-state index contributed by atoms with van der Waals surface area (Å²) in [5.41, 5.74) is 2.25. The molecule has 6 nitrogen and oxygen atoms in total. The van der Waals surface area contributed by atoms with E-state index in [1.54, 1.807) is 16.2 Å². The van der Waals surface area contributed by atoms with Gasteiger partial charge in [-0.15, -0.1) is 11.3 Å². The largest absolute Gasteiger partial charge is 0.380 e. The molecule has 1 aliphatic rings. The van der Waals surface area contributed by atoms with Crippen molar-refractivity contribution < 1.29 is 19.8 Å². The lowest BCUT2D eigenvalue weighted by Crippen LogP contribution is -2.50. The van der Waals surface area contributed by atoms with Gasteiger partial charge in [0.2, 0.25) is 0 Å². The summed E-state index contributed by atoms with van der Waals surface area (Å²) >= 11 is 1.59. The molecule has 1 fully saturated rings. The molecule has 168 valence electrons. The van der Waals surface area contributed by atoms with Crippen LogP contribution in [-0.2, 0) is 21.4 Å². The Morgan fingerprint density at radius 1 is 1.16 bits per heavy atom. The number of nitrogens with zero attached hydrogens (tertiary/aromatic N) is 1. The SMILES string of the molecule is CC(C)(C)c1ccc(C2CCCN2C(=O)[C@H](O)[C@@H](O)C(=O)NCCc2cccs2)cc1. The number of aliphatic hydroxyl groups is 2. The number of carbonyl (C=O) groups excluding carboxylic acids is 2. The zero-order valence-electron chi connectivity index (χ0n) is 18.4. The number of benzene rings is 1. The highest BCUT2D eigenvalue weighted by Crippen LogP contribution is 2.34. The topological polar surface area (TPSA) is 89.9 Å². The van der Waals surface area contributed by atoms with Crippen molar-refractivity contribution in [1.82, 2.24) is 10.2 Å². The highest BCUT2D eigenvalue weighted by Gasteiger charge is 2.38. The van der Waals surface area contributed by atoms with Gasteiger partial charge in [0.05, 0.1) is 6.04 Å². The van der Waals surface area contributed by atoms with E-state index < -0.39 is 24.0 Å². The number of rotatable bonds is 7. The number of nitrogens with one attached hydrogen (secondary N) is 1. The van der Waals surface area contributed by atoms with Crippen LogP contribution in [0, 0.1) is 0 Å². The number of aliphatic hydroxyl groups excluding tert-OH is 2. The Hall–Kier alpha value is -2.22. The Morgan fingerprint density at radius 2 is 1.87 bits per heavy atom. The molecule has 31 heavy (non-hydrogen) atoms. The van der Waals surface area contributed by atoms with E-state index in [1.807, 2.05) is 29.6 Å². The average molecular weight is 445 g/mol. The summed E-state index contributed by atoms with van der Waals surface area (Å²) in [6, 6.07) is 11.9. The Morgan fingerprint density at radius 3 is 2.48 bits per heavy atom. The van der Waals surface area contributed by atoms with E-state index >= 15 is 0 Å². The van der Waals surface area contributed by atoms with Gasteiger partial charge in [-0.1, -0.05) is 51.1 Å². The summed E-state index contributed by atoms with van der Waals surface area (Å²) in [4.78, 5) is 27.8. The Bertz CT molecular complexity index is 874. The molecule has 1 aromatic carbocycles. The van der Waals surface area contributed by atoms with E-state index in [4.69, 9.17) is 0 Å². The Labute approximate surface area is 187 Å². The van der Waals surface area contributed by atoms with E-state index in [0.29, 0.717) is 19.5 Å². The first kappa shape index (κ1) is 23.4. The van der Waals surface area contributed by atoms with Crippen molar-refractivity contribution in [2.75, 3.05) is 13.1 Å². The minimum Gasteiger partial charge on any atom is -0.380 e. The minimum absolute atomic E-state index is 0.0425. The van der Waals surface area contributed by atoms with Gasteiger partial charge in [0.15, 0.2) is 12.2 Å². The van der Waals surface area contributed by atoms with Crippen molar-refractivity contribution in [2.45, 2.75) is 63.7 Å². The fourth-order valence-electron chi connectivity index (χ4n) is 3.90. The van der Waals surface area contributed by atoms with Crippen molar-refractivity contribution in [3.8, 4) is 0 Å². The van der Waals surface area contributed by atoms with Gasteiger partial charge in [-0.05, 0) is 47.3 Å². The molecule has 0 spiro atoms. The smallest absolute Gasteiger partial charge is 0.255 e. The van der Waals surface area contributed by atoms with Crippen LogP contribution in [0.25, 0.3) is 0 Å². The van der Waals surface area contributed by atoms with Crippen molar-refractivity contribution >= 4 is 23.2 Å². The molecule has 1 aromatic heterocycles. The lowest BCUT2D eigenvalue weighted by Gasteiger charge is -2.29. The molecule has 3 rings (SSSR count). The maximum atomic E-state index is 12.9. The number of hydrogen-bond acceptors (Lipinski definition) is 5. The molecule has 2 aromatic rings. The predicted octanol–water partition coefficient (Wildman–Crippen LogP) is 2.79. The van der Waals surface area contributed by atoms with Gasteiger partial charge in [0, 0.05) is 18.0 Å². The molecule has 0 radical (unpaired) electrons. The fraction of sp³-hybridized carbons (Fsp3) is 0.500. The maximum Gasteiger partial charge on any atom is 0.255 e. The first-order valence-corrected chi connectivity index (χ1v) is 11.6. The normalized spacial score (nSPS) is 18.6. The molecule has 3 N–H and O–H groups in total. The van der Waals surface area contributed by atoms with Gasteiger partial charge >= 0.3 is 0 Å². The molecule has 0 saturated carbocycles. The van der Waals surface area contributed by atoms with E-state index in [9.17, 15) is 19.8 Å². The number of carbonyl (C=O) groups is 2. The molecule has 0 bridgehead atoms. The summed E-state index contributed by atoms with van der Waals surface area (Å²) in [6.07, 6.45) is -1.33. The zero-order chi connectivity index (χ0) is 22.6. The molecule has 1 unspecified atom stereocenters. The van der Waals surface area contributed by atoms with E-state index in [0.717, 1.165) is 23.3 Å². The molecule has 0 aliphatic carbocycles. The van der Waals surface area contributed by atoms with Crippen LogP contribution in [0.2, 0.25) is 0 Å². The third-order valence-electron chi connectivity index (χ3n) is 5.77. The summed E-state index contributed by atoms with van der Waals surface area (Å²) < 4.78 is 0. The van der Waals surface area contributed by atoms with Crippen LogP contribution < -0.4 is 5.32 Å².